The Morgan fingerprint density at radius 2 is 1.73 bits per heavy atom. The number of carbonyl (C=O) groups excluding carboxylic acids is 2. The predicted molar refractivity (Wildman–Crippen MR) is 83.5 cm³/mol. The Morgan fingerprint density at radius 1 is 1.00 bits per heavy atom. The van der Waals surface area contributed by atoms with Gasteiger partial charge in [0.2, 0.25) is 0 Å². The summed E-state index contributed by atoms with van der Waals surface area (Å²) < 4.78 is 0. The first-order valence-corrected chi connectivity index (χ1v) is 8.03. The third-order valence-electron chi connectivity index (χ3n) is 4.59. The average molecular weight is 302 g/mol. The van der Waals surface area contributed by atoms with E-state index in [2.05, 4.69) is 10.6 Å². The molecule has 2 amide bonds. The zero-order valence-corrected chi connectivity index (χ0v) is 12.6. The van der Waals surface area contributed by atoms with Crippen LogP contribution in [0.1, 0.15) is 43.2 Å². The molecule has 2 aliphatic rings. The van der Waals surface area contributed by atoms with Crippen molar-refractivity contribution in [2.24, 2.45) is 0 Å². The fourth-order valence-electron chi connectivity index (χ4n) is 3.31. The van der Waals surface area contributed by atoms with Crippen LogP contribution < -0.4 is 10.6 Å². The predicted octanol–water partition coefficient (Wildman–Crippen LogP) is 1.53. The number of rotatable bonds is 2. The third kappa shape index (κ3) is 3.47. The topological polar surface area (TPSA) is 78.4 Å². The Labute approximate surface area is 130 Å². The molecule has 0 atom stereocenters. The molecule has 5 heteroatoms. The van der Waals surface area contributed by atoms with Gasteiger partial charge >= 0.3 is 11.8 Å². The average Bonchev–Trinajstić information content (AvgIpc) is 2.97. The van der Waals surface area contributed by atoms with E-state index in [0.29, 0.717) is 18.5 Å². The Balaban J connectivity index is 1.54. The minimum absolute atomic E-state index is 0.0123. The van der Waals surface area contributed by atoms with E-state index in [1.807, 2.05) is 18.2 Å². The van der Waals surface area contributed by atoms with Gasteiger partial charge in [0.25, 0.3) is 0 Å². The molecule has 1 fully saturated rings. The number of carbonyl (C=O) groups is 2. The third-order valence-corrected chi connectivity index (χ3v) is 4.59. The number of aliphatic hydroxyl groups excluding tert-OH is 1. The van der Waals surface area contributed by atoms with Gasteiger partial charge in [-0.2, -0.15) is 0 Å². The molecule has 3 rings (SSSR count). The van der Waals surface area contributed by atoms with Gasteiger partial charge in [0.15, 0.2) is 0 Å². The summed E-state index contributed by atoms with van der Waals surface area (Å²) in [5, 5.41) is 14.9. The number of nitrogens with one attached hydrogen (secondary N) is 2. The van der Waals surface area contributed by atoms with Crippen LogP contribution in [0.4, 0.5) is 5.69 Å². The van der Waals surface area contributed by atoms with Gasteiger partial charge in [-0.1, -0.05) is 6.07 Å². The number of aliphatic hydroxyl groups is 1. The molecular formula is C17H22N2O3. The van der Waals surface area contributed by atoms with Gasteiger partial charge in [0, 0.05) is 11.7 Å². The number of benzene rings is 1. The molecule has 1 saturated carbocycles. The Hall–Kier alpha value is -1.88. The first-order chi connectivity index (χ1) is 10.6. The quantitative estimate of drug-likeness (QED) is 0.725. The van der Waals surface area contributed by atoms with E-state index in [9.17, 15) is 14.7 Å². The Kier molecular flexibility index (Phi) is 4.43. The Bertz CT molecular complexity index is 577. The normalized spacial score (nSPS) is 23.7. The van der Waals surface area contributed by atoms with Gasteiger partial charge in [-0.05, 0) is 68.2 Å². The van der Waals surface area contributed by atoms with E-state index < -0.39 is 11.8 Å². The van der Waals surface area contributed by atoms with Gasteiger partial charge in [0.1, 0.15) is 0 Å². The van der Waals surface area contributed by atoms with Crippen molar-refractivity contribution < 1.29 is 14.7 Å². The molecule has 0 unspecified atom stereocenters. The van der Waals surface area contributed by atoms with Crippen molar-refractivity contribution in [1.82, 2.24) is 5.32 Å². The molecule has 1 aromatic rings. The largest absolute Gasteiger partial charge is 0.393 e. The zero-order chi connectivity index (χ0) is 15.5. The summed E-state index contributed by atoms with van der Waals surface area (Å²) in [7, 11) is 0. The summed E-state index contributed by atoms with van der Waals surface area (Å²) >= 11 is 0. The maximum Gasteiger partial charge on any atom is 0.313 e. The van der Waals surface area contributed by atoms with Crippen LogP contribution in [0.5, 0.6) is 0 Å². The molecular weight excluding hydrogens is 280 g/mol. The number of aryl methyl sites for hydroxylation is 2. The van der Waals surface area contributed by atoms with Gasteiger partial charge in [-0.3, -0.25) is 9.59 Å². The first-order valence-electron chi connectivity index (χ1n) is 8.03. The van der Waals surface area contributed by atoms with Crippen molar-refractivity contribution in [2.75, 3.05) is 5.32 Å². The van der Waals surface area contributed by atoms with Crippen LogP contribution in [-0.4, -0.2) is 29.1 Å². The van der Waals surface area contributed by atoms with Crippen LogP contribution in [0, 0.1) is 0 Å². The minimum atomic E-state index is -0.621. The SMILES string of the molecule is O=C(Nc1ccc2c(c1)CCC2)C(=O)NC1CCC(O)CC1. The lowest BCUT2D eigenvalue weighted by molar-refractivity contribution is -0.136. The van der Waals surface area contributed by atoms with Gasteiger partial charge in [0.05, 0.1) is 6.10 Å². The highest BCUT2D eigenvalue weighted by Gasteiger charge is 2.23. The molecule has 3 N–H and O–H groups in total. The summed E-state index contributed by atoms with van der Waals surface area (Å²) in [4.78, 5) is 23.9. The number of hydrogen-bond acceptors (Lipinski definition) is 3. The molecule has 0 radical (unpaired) electrons. The highest BCUT2D eigenvalue weighted by molar-refractivity contribution is 6.39. The monoisotopic (exact) mass is 302 g/mol. The van der Waals surface area contributed by atoms with Crippen molar-refractivity contribution in [3.05, 3.63) is 29.3 Å². The molecule has 118 valence electrons. The number of amides is 2. The maximum atomic E-state index is 12.0. The van der Waals surface area contributed by atoms with Gasteiger partial charge in [-0.25, -0.2) is 0 Å². The lowest BCUT2D eigenvalue weighted by Crippen LogP contribution is -2.43. The van der Waals surface area contributed by atoms with Crippen molar-refractivity contribution in [3.63, 3.8) is 0 Å². The summed E-state index contributed by atoms with van der Waals surface area (Å²) in [6, 6.07) is 5.83. The summed E-state index contributed by atoms with van der Waals surface area (Å²) in [5.41, 5.74) is 3.28. The molecule has 0 aliphatic heterocycles. The Morgan fingerprint density at radius 3 is 2.50 bits per heavy atom. The first kappa shape index (κ1) is 15.0. The zero-order valence-electron chi connectivity index (χ0n) is 12.6. The molecule has 0 bridgehead atoms. The van der Waals surface area contributed by atoms with E-state index in [4.69, 9.17) is 0 Å². The van der Waals surface area contributed by atoms with E-state index >= 15 is 0 Å². The van der Waals surface area contributed by atoms with Gasteiger partial charge < -0.3 is 15.7 Å². The standard InChI is InChI=1S/C17H22N2O3/c20-15-8-6-13(7-9-15)18-16(21)17(22)19-14-5-4-11-2-1-3-12(11)10-14/h4-5,10,13,15,20H,1-3,6-9H2,(H,18,21)(H,19,22). The lowest BCUT2D eigenvalue weighted by atomic mass is 9.93. The molecule has 0 aromatic heterocycles. The van der Waals surface area contributed by atoms with Crippen LogP contribution in [0.2, 0.25) is 0 Å². The summed E-state index contributed by atoms with van der Waals surface area (Å²) in [6.07, 6.45) is 5.81. The van der Waals surface area contributed by atoms with Crippen molar-refractivity contribution in [1.29, 1.82) is 0 Å². The second kappa shape index (κ2) is 6.48. The molecule has 5 nitrogen and oxygen atoms in total. The second-order valence-corrected chi connectivity index (χ2v) is 6.27. The van der Waals surface area contributed by atoms with E-state index in [-0.39, 0.29) is 12.1 Å². The number of anilines is 1. The molecule has 22 heavy (non-hydrogen) atoms. The highest BCUT2D eigenvalue weighted by atomic mass is 16.3. The molecule has 1 aromatic carbocycles. The van der Waals surface area contributed by atoms with E-state index in [0.717, 1.165) is 32.1 Å². The van der Waals surface area contributed by atoms with Crippen molar-refractivity contribution in [3.8, 4) is 0 Å². The molecule has 2 aliphatic carbocycles. The number of hydrogen-bond donors (Lipinski definition) is 3. The van der Waals surface area contributed by atoms with Crippen LogP contribution in [0.15, 0.2) is 18.2 Å². The van der Waals surface area contributed by atoms with E-state index in [1.54, 1.807) is 0 Å². The number of fused-ring (bicyclic) bond motifs is 1. The van der Waals surface area contributed by atoms with Crippen LogP contribution >= 0.6 is 0 Å². The molecule has 0 saturated heterocycles. The lowest BCUT2D eigenvalue weighted by Gasteiger charge is -2.25. The maximum absolute atomic E-state index is 12.0. The fraction of sp³-hybridized carbons (Fsp3) is 0.529. The van der Waals surface area contributed by atoms with Crippen molar-refractivity contribution in [2.45, 2.75) is 57.1 Å². The second-order valence-electron chi connectivity index (χ2n) is 6.27. The highest BCUT2D eigenvalue weighted by Crippen LogP contribution is 2.25. The fourth-order valence-corrected chi connectivity index (χ4v) is 3.31. The van der Waals surface area contributed by atoms with Crippen LogP contribution in [0.3, 0.4) is 0 Å². The van der Waals surface area contributed by atoms with Crippen LogP contribution in [-0.2, 0) is 22.4 Å². The van der Waals surface area contributed by atoms with Crippen LogP contribution in [0.25, 0.3) is 0 Å². The van der Waals surface area contributed by atoms with Gasteiger partial charge in [-0.15, -0.1) is 0 Å². The summed E-state index contributed by atoms with van der Waals surface area (Å²) in [6.45, 7) is 0. The summed E-state index contributed by atoms with van der Waals surface area (Å²) in [5.74, 6) is -1.22. The smallest absolute Gasteiger partial charge is 0.313 e. The minimum Gasteiger partial charge on any atom is -0.393 e. The van der Waals surface area contributed by atoms with Crippen molar-refractivity contribution >= 4 is 17.5 Å². The molecule has 0 spiro atoms. The van der Waals surface area contributed by atoms with E-state index in [1.165, 1.54) is 11.1 Å². The molecule has 0 heterocycles.